The first-order valence-corrected chi connectivity index (χ1v) is 9.99. The van der Waals surface area contributed by atoms with Gasteiger partial charge in [0.15, 0.2) is 19.0 Å². The zero-order chi connectivity index (χ0) is 22.1. The highest BCUT2D eigenvalue weighted by molar-refractivity contribution is 5.88. The summed E-state index contributed by atoms with van der Waals surface area (Å²) >= 11 is 0. The van der Waals surface area contributed by atoms with Gasteiger partial charge < -0.3 is 14.8 Å². The molecule has 1 atom stereocenters. The van der Waals surface area contributed by atoms with Gasteiger partial charge in [-0.1, -0.05) is 56.3 Å². The number of ketones is 1. The highest BCUT2D eigenvalue weighted by Crippen LogP contribution is 2.27. The first kappa shape index (κ1) is 23.1. The quantitative estimate of drug-likeness (QED) is 0.607. The van der Waals surface area contributed by atoms with Crippen LogP contribution in [0.25, 0.3) is 0 Å². The van der Waals surface area contributed by atoms with E-state index in [1.54, 1.807) is 0 Å². The van der Waals surface area contributed by atoms with E-state index in [9.17, 15) is 14.4 Å². The van der Waals surface area contributed by atoms with Crippen LogP contribution < -0.4 is 10.1 Å². The fourth-order valence-electron chi connectivity index (χ4n) is 2.95. The third kappa shape index (κ3) is 7.35. The van der Waals surface area contributed by atoms with Gasteiger partial charge in [-0.15, -0.1) is 0 Å². The standard InChI is InChI=1S/C24H29NO5/c1-16(2)20-11-10-17(3)12-22(20)29-15-24(28)30-14-23(27)25-21(18(4)26)13-19-8-6-5-7-9-19/h5-12,16,21H,13-15H2,1-4H3,(H,25,27)/t21-/m1/s1. The molecule has 0 radical (unpaired) electrons. The van der Waals surface area contributed by atoms with Gasteiger partial charge in [0.2, 0.25) is 0 Å². The van der Waals surface area contributed by atoms with E-state index >= 15 is 0 Å². The van der Waals surface area contributed by atoms with Crippen molar-refractivity contribution in [2.75, 3.05) is 13.2 Å². The van der Waals surface area contributed by atoms with Crippen molar-refractivity contribution < 1.29 is 23.9 Å². The molecular formula is C24H29NO5. The van der Waals surface area contributed by atoms with Crippen LogP contribution in [0.2, 0.25) is 0 Å². The summed E-state index contributed by atoms with van der Waals surface area (Å²) < 4.78 is 10.6. The highest BCUT2D eigenvalue weighted by atomic mass is 16.6. The molecule has 6 nitrogen and oxygen atoms in total. The number of hydrogen-bond acceptors (Lipinski definition) is 5. The third-order valence-corrected chi connectivity index (χ3v) is 4.61. The van der Waals surface area contributed by atoms with Gasteiger partial charge in [0.05, 0.1) is 6.04 Å². The van der Waals surface area contributed by atoms with Gasteiger partial charge in [0.25, 0.3) is 5.91 Å². The molecule has 0 aromatic heterocycles. The molecule has 0 heterocycles. The summed E-state index contributed by atoms with van der Waals surface area (Å²) in [4.78, 5) is 36.0. The van der Waals surface area contributed by atoms with Crippen molar-refractivity contribution in [2.24, 2.45) is 0 Å². The second kappa shape index (κ2) is 11.1. The van der Waals surface area contributed by atoms with Crippen LogP contribution in [0.15, 0.2) is 48.5 Å². The van der Waals surface area contributed by atoms with Crippen molar-refractivity contribution in [3.63, 3.8) is 0 Å². The molecule has 0 saturated heterocycles. The van der Waals surface area contributed by atoms with Crippen molar-refractivity contribution >= 4 is 17.7 Å². The Morgan fingerprint density at radius 2 is 1.70 bits per heavy atom. The predicted octanol–water partition coefficient (Wildman–Crippen LogP) is 3.36. The normalized spacial score (nSPS) is 11.6. The Bertz CT molecular complexity index is 876. The Morgan fingerprint density at radius 3 is 2.33 bits per heavy atom. The average molecular weight is 411 g/mol. The minimum Gasteiger partial charge on any atom is -0.482 e. The molecular weight excluding hydrogens is 382 g/mol. The van der Waals surface area contributed by atoms with Gasteiger partial charge in [-0.05, 0) is 48.9 Å². The van der Waals surface area contributed by atoms with Crippen LogP contribution in [0, 0.1) is 6.92 Å². The maximum atomic E-state index is 12.1. The van der Waals surface area contributed by atoms with Gasteiger partial charge in [-0.2, -0.15) is 0 Å². The molecule has 0 fully saturated rings. The molecule has 0 spiro atoms. The molecule has 160 valence electrons. The number of benzene rings is 2. The number of amides is 1. The summed E-state index contributed by atoms with van der Waals surface area (Å²) in [5, 5.41) is 2.62. The third-order valence-electron chi connectivity index (χ3n) is 4.61. The van der Waals surface area contributed by atoms with Crippen LogP contribution >= 0.6 is 0 Å². The second-order valence-corrected chi connectivity index (χ2v) is 7.57. The summed E-state index contributed by atoms with van der Waals surface area (Å²) in [6.45, 7) is 6.69. The first-order valence-electron chi connectivity index (χ1n) is 9.99. The molecule has 0 aliphatic carbocycles. The van der Waals surface area contributed by atoms with Gasteiger partial charge in [0.1, 0.15) is 5.75 Å². The Balaban J connectivity index is 1.83. The highest BCUT2D eigenvalue weighted by Gasteiger charge is 2.19. The molecule has 2 aromatic rings. The number of esters is 1. The van der Waals surface area contributed by atoms with E-state index in [-0.39, 0.29) is 18.3 Å². The Labute approximate surface area is 177 Å². The van der Waals surface area contributed by atoms with Crippen molar-refractivity contribution in [1.82, 2.24) is 5.32 Å². The Hall–Kier alpha value is -3.15. The summed E-state index contributed by atoms with van der Waals surface area (Å²) in [6.07, 6.45) is 0.379. The van der Waals surface area contributed by atoms with Crippen LogP contribution in [-0.2, 0) is 25.5 Å². The SMILES string of the molecule is CC(=O)[C@@H](Cc1ccccc1)NC(=O)COC(=O)COc1cc(C)ccc1C(C)C. The molecule has 0 aliphatic heterocycles. The maximum Gasteiger partial charge on any atom is 0.344 e. The van der Waals surface area contributed by atoms with E-state index in [1.165, 1.54) is 6.92 Å². The largest absolute Gasteiger partial charge is 0.482 e. The molecule has 0 bridgehead atoms. The molecule has 2 rings (SSSR count). The number of nitrogens with one attached hydrogen (secondary N) is 1. The van der Waals surface area contributed by atoms with Gasteiger partial charge in [-0.3, -0.25) is 9.59 Å². The Kier molecular flexibility index (Phi) is 8.59. The Morgan fingerprint density at radius 1 is 1.00 bits per heavy atom. The zero-order valence-corrected chi connectivity index (χ0v) is 17.9. The average Bonchev–Trinajstić information content (AvgIpc) is 2.70. The van der Waals surface area contributed by atoms with Crippen molar-refractivity contribution in [2.45, 2.75) is 46.1 Å². The first-order chi connectivity index (χ1) is 14.3. The lowest BCUT2D eigenvalue weighted by molar-refractivity contribution is -0.150. The maximum absolute atomic E-state index is 12.1. The van der Waals surface area contributed by atoms with Crippen LogP contribution in [0.1, 0.15) is 43.4 Å². The van der Waals surface area contributed by atoms with E-state index in [0.29, 0.717) is 12.2 Å². The topological polar surface area (TPSA) is 81.7 Å². The minimum atomic E-state index is -0.671. The molecule has 2 aromatic carbocycles. The number of ether oxygens (including phenoxy) is 2. The fourth-order valence-corrected chi connectivity index (χ4v) is 2.95. The minimum absolute atomic E-state index is 0.164. The zero-order valence-electron chi connectivity index (χ0n) is 17.9. The number of Topliss-reactive ketones (excluding diaryl/α,β-unsaturated/α-hetero) is 1. The summed E-state index contributed by atoms with van der Waals surface area (Å²) in [5.41, 5.74) is 2.95. The second-order valence-electron chi connectivity index (χ2n) is 7.57. The molecule has 1 N–H and O–H groups in total. The molecule has 0 saturated carbocycles. The number of carbonyl (C=O) groups is 3. The number of aryl methyl sites for hydroxylation is 1. The van der Waals surface area contributed by atoms with E-state index in [2.05, 4.69) is 5.32 Å². The van der Waals surface area contributed by atoms with E-state index in [0.717, 1.165) is 16.7 Å². The number of rotatable bonds is 10. The monoisotopic (exact) mass is 411 g/mol. The molecule has 1 amide bonds. The fraction of sp³-hybridized carbons (Fsp3) is 0.375. The summed E-state index contributed by atoms with van der Waals surface area (Å²) in [5.74, 6) is -0.467. The van der Waals surface area contributed by atoms with E-state index < -0.39 is 24.5 Å². The van der Waals surface area contributed by atoms with Gasteiger partial charge in [-0.25, -0.2) is 4.79 Å². The molecule has 0 aliphatic rings. The summed E-state index contributed by atoms with van der Waals surface area (Å²) in [6, 6.07) is 14.6. The molecule has 30 heavy (non-hydrogen) atoms. The number of hydrogen-bond donors (Lipinski definition) is 1. The molecule has 6 heteroatoms. The van der Waals surface area contributed by atoms with Crippen molar-refractivity contribution in [3.05, 3.63) is 65.2 Å². The van der Waals surface area contributed by atoms with Crippen molar-refractivity contribution in [3.8, 4) is 5.75 Å². The lowest BCUT2D eigenvalue weighted by Crippen LogP contribution is -2.43. The lowest BCUT2D eigenvalue weighted by Gasteiger charge is -2.16. The van der Waals surface area contributed by atoms with Gasteiger partial charge in [0, 0.05) is 0 Å². The predicted molar refractivity (Wildman–Crippen MR) is 114 cm³/mol. The van der Waals surface area contributed by atoms with Gasteiger partial charge >= 0.3 is 5.97 Å². The smallest absolute Gasteiger partial charge is 0.344 e. The van der Waals surface area contributed by atoms with Crippen LogP contribution in [0.4, 0.5) is 0 Å². The van der Waals surface area contributed by atoms with Crippen LogP contribution in [-0.4, -0.2) is 36.9 Å². The van der Waals surface area contributed by atoms with E-state index in [4.69, 9.17) is 9.47 Å². The van der Waals surface area contributed by atoms with Crippen LogP contribution in [0.5, 0.6) is 5.75 Å². The van der Waals surface area contributed by atoms with Crippen molar-refractivity contribution in [1.29, 1.82) is 0 Å². The molecule has 0 unspecified atom stereocenters. The number of carbonyl (C=O) groups excluding carboxylic acids is 3. The summed E-state index contributed by atoms with van der Waals surface area (Å²) in [7, 11) is 0. The lowest BCUT2D eigenvalue weighted by atomic mass is 10.0. The van der Waals surface area contributed by atoms with E-state index in [1.807, 2.05) is 69.3 Å². The van der Waals surface area contributed by atoms with Crippen LogP contribution in [0.3, 0.4) is 0 Å².